The van der Waals surface area contributed by atoms with Crippen LogP contribution in [-0.2, 0) is 13.0 Å². The van der Waals surface area contributed by atoms with Crippen LogP contribution < -0.4 is 10.2 Å². The lowest BCUT2D eigenvalue weighted by atomic mass is 9.85. The van der Waals surface area contributed by atoms with Crippen LogP contribution in [0.5, 0.6) is 0 Å². The van der Waals surface area contributed by atoms with Gasteiger partial charge in [-0.05, 0) is 55.8 Å². The lowest BCUT2D eigenvalue weighted by Crippen LogP contribution is -2.26. The fourth-order valence-corrected chi connectivity index (χ4v) is 3.14. The van der Waals surface area contributed by atoms with Crippen molar-refractivity contribution in [1.82, 2.24) is 10.3 Å². The second-order valence-corrected chi connectivity index (χ2v) is 7.11. The predicted octanol–water partition coefficient (Wildman–Crippen LogP) is 3.77. The fraction of sp³-hybridized carbons (Fsp3) is 0.722. The van der Waals surface area contributed by atoms with Crippen molar-refractivity contribution >= 4 is 5.82 Å². The van der Waals surface area contributed by atoms with Gasteiger partial charge >= 0.3 is 0 Å². The smallest absolute Gasteiger partial charge is 0.129 e. The van der Waals surface area contributed by atoms with Crippen LogP contribution in [0, 0.1) is 5.41 Å². The van der Waals surface area contributed by atoms with Crippen molar-refractivity contribution in [3.63, 3.8) is 0 Å². The molecule has 1 aromatic rings. The molecule has 1 aliphatic heterocycles. The molecule has 118 valence electrons. The molecule has 0 saturated carbocycles. The first-order chi connectivity index (χ1) is 10.0. The van der Waals surface area contributed by atoms with Gasteiger partial charge in [0, 0.05) is 25.3 Å². The Bertz CT molecular complexity index is 430. The number of nitrogens with zero attached hydrogens (tertiary/aromatic N) is 2. The van der Waals surface area contributed by atoms with Gasteiger partial charge in [0.1, 0.15) is 5.82 Å². The van der Waals surface area contributed by atoms with Gasteiger partial charge in [0.05, 0.1) is 0 Å². The highest BCUT2D eigenvalue weighted by atomic mass is 15.2. The Hall–Kier alpha value is -1.09. The van der Waals surface area contributed by atoms with Crippen LogP contribution in [0.4, 0.5) is 5.82 Å². The molecule has 21 heavy (non-hydrogen) atoms. The second kappa shape index (κ2) is 7.26. The first-order valence-electron chi connectivity index (χ1n) is 8.43. The highest BCUT2D eigenvalue weighted by Gasteiger charge is 2.23. The van der Waals surface area contributed by atoms with Crippen molar-refractivity contribution in [2.45, 2.75) is 59.4 Å². The number of nitrogens with one attached hydrogen (secondary N) is 1. The molecule has 0 atom stereocenters. The first-order valence-corrected chi connectivity index (χ1v) is 8.43. The maximum atomic E-state index is 4.92. The molecule has 3 heteroatoms. The number of rotatable bonds is 5. The van der Waals surface area contributed by atoms with E-state index in [1.807, 2.05) is 7.05 Å². The minimum Gasteiger partial charge on any atom is -0.357 e. The number of aromatic nitrogens is 1. The molecule has 0 spiro atoms. The number of pyridine rings is 1. The third-order valence-electron chi connectivity index (χ3n) is 4.48. The zero-order valence-electron chi connectivity index (χ0n) is 14.2. The monoisotopic (exact) mass is 289 g/mol. The van der Waals surface area contributed by atoms with Crippen molar-refractivity contribution in [3.8, 4) is 0 Å². The van der Waals surface area contributed by atoms with E-state index in [4.69, 9.17) is 4.98 Å². The Kier molecular flexibility index (Phi) is 5.63. The van der Waals surface area contributed by atoms with Gasteiger partial charge in [0.15, 0.2) is 0 Å². The summed E-state index contributed by atoms with van der Waals surface area (Å²) in [7, 11) is 2.01. The van der Waals surface area contributed by atoms with Crippen molar-refractivity contribution < 1.29 is 0 Å². The minimum atomic E-state index is 0.476. The van der Waals surface area contributed by atoms with Gasteiger partial charge < -0.3 is 10.2 Å². The summed E-state index contributed by atoms with van der Waals surface area (Å²) in [4.78, 5) is 7.41. The molecule has 0 amide bonds. The van der Waals surface area contributed by atoms with Crippen LogP contribution in [0.2, 0.25) is 0 Å². The highest BCUT2D eigenvalue weighted by Crippen LogP contribution is 2.31. The Morgan fingerprint density at radius 2 is 2.05 bits per heavy atom. The van der Waals surface area contributed by atoms with Crippen molar-refractivity contribution in [1.29, 1.82) is 0 Å². The lowest BCUT2D eigenvalue weighted by Gasteiger charge is -2.25. The summed E-state index contributed by atoms with van der Waals surface area (Å²) < 4.78 is 0. The van der Waals surface area contributed by atoms with E-state index in [-0.39, 0.29) is 0 Å². The Balaban J connectivity index is 2.20. The Labute approximate surface area is 130 Å². The van der Waals surface area contributed by atoms with Crippen molar-refractivity contribution in [3.05, 3.63) is 23.4 Å². The summed E-state index contributed by atoms with van der Waals surface area (Å²) in [5, 5.41) is 3.26. The van der Waals surface area contributed by atoms with Gasteiger partial charge in [0.25, 0.3) is 0 Å². The second-order valence-electron chi connectivity index (χ2n) is 7.11. The van der Waals surface area contributed by atoms with E-state index in [0.29, 0.717) is 5.41 Å². The summed E-state index contributed by atoms with van der Waals surface area (Å²) in [6.07, 6.45) is 6.08. The highest BCUT2D eigenvalue weighted by molar-refractivity contribution is 5.43. The number of hydrogen-bond acceptors (Lipinski definition) is 3. The molecule has 1 fully saturated rings. The summed E-state index contributed by atoms with van der Waals surface area (Å²) in [5.74, 6) is 1.18. The van der Waals surface area contributed by atoms with Gasteiger partial charge in [-0.2, -0.15) is 0 Å². The van der Waals surface area contributed by atoms with Crippen molar-refractivity contribution in [2.75, 3.05) is 25.0 Å². The lowest BCUT2D eigenvalue weighted by molar-refractivity contribution is 0.325. The fourth-order valence-electron chi connectivity index (χ4n) is 3.14. The normalized spacial score (nSPS) is 18.6. The van der Waals surface area contributed by atoms with E-state index in [1.54, 1.807) is 0 Å². The van der Waals surface area contributed by atoms with Crippen LogP contribution in [0.3, 0.4) is 0 Å². The molecule has 2 rings (SSSR count). The topological polar surface area (TPSA) is 28.2 Å². The van der Waals surface area contributed by atoms with E-state index in [9.17, 15) is 0 Å². The third-order valence-corrected chi connectivity index (χ3v) is 4.48. The predicted molar refractivity (Wildman–Crippen MR) is 90.8 cm³/mol. The number of aryl methyl sites for hydroxylation is 1. The molecule has 1 aliphatic rings. The van der Waals surface area contributed by atoms with E-state index in [0.717, 1.165) is 32.5 Å². The van der Waals surface area contributed by atoms with E-state index in [1.165, 1.54) is 36.3 Å². The number of hydrogen-bond donors (Lipinski definition) is 1. The standard InChI is InChI=1S/C18H31N3/c1-5-7-16-12-15(14-19-4)13-17(20-16)21-10-6-8-18(2,3)9-11-21/h12-13,19H,5-11,14H2,1-4H3. The quantitative estimate of drug-likeness (QED) is 0.894. The largest absolute Gasteiger partial charge is 0.357 e. The number of anilines is 1. The van der Waals surface area contributed by atoms with Crippen LogP contribution in [-0.4, -0.2) is 25.1 Å². The molecule has 0 bridgehead atoms. The Morgan fingerprint density at radius 1 is 1.24 bits per heavy atom. The molecule has 0 aliphatic carbocycles. The maximum absolute atomic E-state index is 4.92. The molecule has 0 unspecified atom stereocenters. The van der Waals surface area contributed by atoms with E-state index >= 15 is 0 Å². The first kappa shape index (κ1) is 16.3. The van der Waals surface area contributed by atoms with Gasteiger partial charge in [-0.1, -0.05) is 27.2 Å². The van der Waals surface area contributed by atoms with Gasteiger partial charge in [-0.3, -0.25) is 0 Å². The SMILES string of the molecule is CCCc1cc(CNC)cc(N2CCCC(C)(C)CC2)n1. The van der Waals surface area contributed by atoms with Crippen LogP contribution in [0.15, 0.2) is 12.1 Å². The average Bonchev–Trinajstić information content (AvgIpc) is 2.60. The van der Waals surface area contributed by atoms with Crippen molar-refractivity contribution in [2.24, 2.45) is 5.41 Å². The molecule has 0 aromatic carbocycles. The summed E-state index contributed by atoms with van der Waals surface area (Å²) in [6, 6.07) is 4.53. The summed E-state index contributed by atoms with van der Waals surface area (Å²) >= 11 is 0. The van der Waals surface area contributed by atoms with Gasteiger partial charge in [-0.25, -0.2) is 4.98 Å². The third kappa shape index (κ3) is 4.70. The molecule has 1 aromatic heterocycles. The average molecular weight is 289 g/mol. The van der Waals surface area contributed by atoms with Crippen LogP contribution in [0.25, 0.3) is 0 Å². The van der Waals surface area contributed by atoms with Crippen LogP contribution >= 0.6 is 0 Å². The molecule has 0 radical (unpaired) electrons. The maximum Gasteiger partial charge on any atom is 0.129 e. The molecule has 1 saturated heterocycles. The molecular formula is C18H31N3. The van der Waals surface area contributed by atoms with E-state index < -0.39 is 0 Å². The van der Waals surface area contributed by atoms with E-state index in [2.05, 4.69) is 43.1 Å². The van der Waals surface area contributed by atoms with Gasteiger partial charge in [-0.15, -0.1) is 0 Å². The van der Waals surface area contributed by atoms with Gasteiger partial charge in [0.2, 0.25) is 0 Å². The summed E-state index contributed by atoms with van der Waals surface area (Å²) in [6.45, 7) is 10.2. The molecule has 3 nitrogen and oxygen atoms in total. The summed E-state index contributed by atoms with van der Waals surface area (Å²) in [5.41, 5.74) is 3.07. The minimum absolute atomic E-state index is 0.476. The zero-order chi connectivity index (χ0) is 15.3. The zero-order valence-corrected chi connectivity index (χ0v) is 14.2. The Morgan fingerprint density at radius 3 is 2.76 bits per heavy atom. The molecular weight excluding hydrogens is 258 g/mol. The molecule has 2 heterocycles. The molecule has 1 N–H and O–H groups in total. The van der Waals surface area contributed by atoms with Crippen LogP contribution in [0.1, 0.15) is 57.7 Å².